The maximum atomic E-state index is 10.6. The molecule has 0 aliphatic carbocycles. The van der Waals surface area contributed by atoms with Gasteiger partial charge in [0.15, 0.2) is 0 Å². The lowest BCUT2D eigenvalue weighted by Gasteiger charge is -2.11. The average molecular weight is 194 g/mol. The van der Waals surface area contributed by atoms with Crippen molar-refractivity contribution in [3.63, 3.8) is 0 Å². The van der Waals surface area contributed by atoms with E-state index < -0.39 is 12.0 Å². The van der Waals surface area contributed by atoms with Crippen molar-refractivity contribution in [2.45, 2.75) is 19.9 Å². The predicted octanol–water partition coefficient (Wildman–Crippen LogP) is 1.46. The van der Waals surface area contributed by atoms with Crippen LogP contribution in [0, 0.1) is 6.92 Å². The predicted molar refractivity (Wildman–Crippen MR) is 56.3 cm³/mol. The Bertz CT molecular complexity index is 350. The van der Waals surface area contributed by atoms with Gasteiger partial charge < -0.3 is 16.2 Å². The van der Waals surface area contributed by atoms with Crippen molar-refractivity contribution in [3.05, 3.63) is 23.8 Å². The molecule has 0 aliphatic heterocycles. The van der Waals surface area contributed by atoms with Gasteiger partial charge in [0.25, 0.3) is 0 Å². The van der Waals surface area contributed by atoms with Gasteiger partial charge in [-0.25, -0.2) is 0 Å². The topological polar surface area (TPSA) is 75.3 Å². The Morgan fingerprint density at radius 1 is 1.57 bits per heavy atom. The Kier molecular flexibility index (Phi) is 2.96. The number of nitrogens with two attached hydrogens (primary N) is 1. The summed E-state index contributed by atoms with van der Waals surface area (Å²) in [7, 11) is 0. The Balaban J connectivity index is 2.78. The summed E-state index contributed by atoms with van der Waals surface area (Å²) in [5.74, 6) is -0.875. The minimum absolute atomic E-state index is 0.599. The van der Waals surface area contributed by atoms with Crippen LogP contribution < -0.4 is 11.1 Å². The van der Waals surface area contributed by atoms with Crippen molar-refractivity contribution >= 4 is 17.3 Å². The highest BCUT2D eigenvalue weighted by molar-refractivity contribution is 5.77. The van der Waals surface area contributed by atoms with E-state index in [9.17, 15) is 4.79 Å². The first-order chi connectivity index (χ1) is 6.50. The smallest absolute Gasteiger partial charge is 0.325 e. The van der Waals surface area contributed by atoms with Crippen molar-refractivity contribution in [2.75, 3.05) is 11.1 Å². The summed E-state index contributed by atoms with van der Waals surface area (Å²) < 4.78 is 0. The molecule has 0 saturated heterocycles. The zero-order valence-corrected chi connectivity index (χ0v) is 8.24. The molecule has 1 rings (SSSR count). The fourth-order valence-corrected chi connectivity index (χ4v) is 1.08. The second-order valence-electron chi connectivity index (χ2n) is 3.28. The highest BCUT2D eigenvalue weighted by Gasteiger charge is 2.09. The molecule has 0 unspecified atom stereocenters. The molecule has 0 aromatic heterocycles. The standard InChI is InChI=1S/C10H14N2O2/c1-6-5-8(3-4-9(6)11)12-7(2)10(13)14/h3-5,7,12H,11H2,1-2H3,(H,13,14)/t7-/m1/s1. The van der Waals surface area contributed by atoms with Crippen LogP contribution in [0.1, 0.15) is 12.5 Å². The zero-order chi connectivity index (χ0) is 10.7. The lowest BCUT2D eigenvalue weighted by atomic mass is 10.1. The molecule has 1 atom stereocenters. The molecule has 76 valence electrons. The second-order valence-corrected chi connectivity index (χ2v) is 3.28. The first kappa shape index (κ1) is 10.4. The first-order valence-corrected chi connectivity index (χ1v) is 4.36. The third kappa shape index (κ3) is 2.39. The summed E-state index contributed by atoms with van der Waals surface area (Å²) in [4.78, 5) is 10.6. The van der Waals surface area contributed by atoms with E-state index in [2.05, 4.69) is 5.32 Å². The number of benzene rings is 1. The number of aryl methyl sites for hydroxylation is 1. The van der Waals surface area contributed by atoms with Gasteiger partial charge in [-0.05, 0) is 37.6 Å². The normalized spacial score (nSPS) is 12.1. The summed E-state index contributed by atoms with van der Waals surface area (Å²) in [5.41, 5.74) is 8.05. The molecule has 0 aliphatic rings. The van der Waals surface area contributed by atoms with Crippen molar-refractivity contribution in [2.24, 2.45) is 0 Å². The van der Waals surface area contributed by atoms with Crippen LogP contribution in [-0.2, 0) is 4.79 Å². The van der Waals surface area contributed by atoms with Crippen molar-refractivity contribution < 1.29 is 9.90 Å². The molecule has 0 amide bonds. The van der Waals surface area contributed by atoms with E-state index >= 15 is 0 Å². The minimum atomic E-state index is -0.875. The van der Waals surface area contributed by atoms with Gasteiger partial charge in [0.1, 0.15) is 6.04 Å². The highest BCUT2D eigenvalue weighted by atomic mass is 16.4. The van der Waals surface area contributed by atoms with Crippen LogP contribution in [-0.4, -0.2) is 17.1 Å². The molecule has 1 aromatic carbocycles. The molecule has 0 bridgehead atoms. The number of anilines is 2. The maximum Gasteiger partial charge on any atom is 0.325 e. The summed E-state index contributed by atoms with van der Waals surface area (Å²) in [6.45, 7) is 3.47. The number of carbonyl (C=O) groups is 1. The van der Waals surface area contributed by atoms with Crippen molar-refractivity contribution in [1.82, 2.24) is 0 Å². The summed E-state index contributed by atoms with van der Waals surface area (Å²) in [5, 5.41) is 11.5. The molecular weight excluding hydrogens is 180 g/mol. The van der Waals surface area contributed by atoms with Gasteiger partial charge in [0.2, 0.25) is 0 Å². The molecule has 1 aromatic rings. The van der Waals surface area contributed by atoms with E-state index in [4.69, 9.17) is 10.8 Å². The van der Waals surface area contributed by atoms with Crippen LogP contribution in [0.25, 0.3) is 0 Å². The van der Waals surface area contributed by atoms with Crippen LogP contribution in [0.5, 0.6) is 0 Å². The second kappa shape index (κ2) is 4.00. The van der Waals surface area contributed by atoms with Gasteiger partial charge in [0.05, 0.1) is 0 Å². The Hall–Kier alpha value is -1.71. The number of nitrogens with one attached hydrogen (secondary N) is 1. The molecule has 0 spiro atoms. The zero-order valence-electron chi connectivity index (χ0n) is 8.24. The van der Waals surface area contributed by atoms with E-state index in [1.54, 1.807) is 19.1 Å². The van der Waals surface area contributed by atoms with Crippen LogP contribution in [0.15, 0.2) is 18.2 Å². The molecule has 4 nitrogen and oxygen atoms in total. The molecule has 4 N–H and O–H groups in total. The van der Waals surface area contributed by atoms with Crippen molar-refractivity contribution in [3.8, 4) is 0 Å². The molecule has 0 heterocycles. The average Bonchev–Trinajstić information content (AvgIpc) is 2.11. The van der Waals surface area contributed by atoms with Gasteiger partial charge in [-0.1, -0.05) is 0 Å². The van der Waals surface area contributed by atoms with Crippen LogP contribution in [0.3, 0.4) is 0 Å². The summed E-state index contributed by atoms with van der Waals surface area (Å²) in [6, 6.07) is 4.75. The number of nitrogen functional groups attached to an aromatic ring is 1. The monoisotopic (exact) mass is 194 g/mol. The SMILES string of the molecule is Cc1cc(N[C@H](C)C(=O)O)ccc1N. The van der Waals surface area contributed by atoms with E-state index in [1.165, 1.54) is 0 Å². The van der Waals surface area contributed by atoms with Gasteiger partial charge >= 0.3 is 5.97 Å². The van der Waals surface area contributed by atoms with Crippen LogP contribution in [0.2, 0.25) is 0 Å². The molecular formula is C10H14N2O2. The van der Waals surface area contributed by atoms with Gasteiger partial charge in [0, 0.05) is 11.4 Å². The van der Waals surface area contributed by atoms with E-state index in [-0.39, 0.29) is 0 Å². The Labute approximate surface area is 82.7 Å². The van der Waals surface area contributed by atoms with Gasteiger partial charge in [-0.2, -0.15) is 0 Å². The number of hydrogen-bond acceptors (Lipinski definition) is 3. The third-order valence-corrected chi connectivity index (χ3v) is 2.02. The van der Waals surface area contributed by atoms with Crippen LogP contribution >= 0.6 is 0 Å². The number of hydrogen-bond donors (Lipinski definition) is 3. The number of aliphatic carboxylic acids is 1. The molecule has 0 radical (unpaired) electrons. The largest absolute Gasteiger partial charge is 0.480 e. The highest BCUT2D eigenvalue weighted by Crippen LogP contribution is 2.17. The van der Waals surface area contributed by atoms with Gasteiger partial charge in [-0.3, -0.25) is 4.79 Å². The fraction of sp³-hybridized carbons (Fsp3) is 0.300. The maximum absolute atomic E-state index is 10.6. The Morgan fingerprint density at radius 3 is 2.71 bits per heavy atom. The number of carboxylic acid groups (broad SMARTS) is 1. The summed E-state index contributed by atoms with van der Waals surface area (Å²) >= 11 is 0. The quantitative estimate of drug-likeness (QED) is 0.637. The van der Waals surface area contributed by atoms with E-state index in [0.29, 0.717) is 5.69 Å². The number of rotatable bonds is 3. The first-order valence-electron chi connectivity index (χ1n) is 4.36. The molecule has 0 fully saturated rings. The lowest BCUT2D eigenvalue weighted by Crippen LogP contribution is -2.25. The summed E-state index contributed by atoms with van der Waals surface area (Å²) in [6.07, 6.45) is 0. The molecule has 4 heteroatoms. The lowest BCUT2D eigenvalue weighted by molar-refractivity contribution is -0.137. The molecule has 0 saturated carbocycles. The van der Waals surface area contributed by atoms with E-state index in [0.717, 1.165) is 11.3 Å². The van der Waals surface area contributed by atoms with Crippen LogP contribution in [0.4, 0.5) is 11.4 Å². The third-order valence-electron chi connectivity index (χ3n) is 2.02. The van der Waals surface area contributed by atoms with Gasteiger partial charge in [-0.15, -0.1) is 0 Å². The minimum Gasteiger partial charge on any atom is -0.480 e. The fourth-order valence-electron chi connectivity index (χ4n) is 1.08. The Morgan fingerprint density at radius 2 is 2.21 bits per heavy atom. The number of carboxylic acids is 1. The van der Waals surface area contributed by atoms with Crippen molar-refractivity contribution in [1.29, 1.82) is 0 Å². The molecule has 14 heavy (non-hydrogen) atoms. The van der Waals surface area contributed by atoms with E-state index in [1.807, 2.05) is 13.0 Å².